The van der Waals surface area contributed by atoms with Crippen molar-refractivity contribution in [3.05, 3.63) is 53.9 Å². The van der Waals surface area contributed by atoms with E-state index in [0.29, 0.717) is 44.8 Å². The summed E-state index contributed by atoms with van der Waals surface area (Å²) in [6.45, 7) is 2.23. The number of aromatic nitrogens is 2. The van der Waals surface area contributed by atoms with Gasteiger partial charge in [-0.25, -0.2) is 0 Å². The molecule has 1 aromatic heterocycles. The fourth-order valence-corrected chi connectivity index (χ4v) is 3.06. The molecular weight excluding hydrogens is 306 g/mol. The molecule has 1 amide bonds. The first-order chi connectivity index (χ1) is 11.6. The highest BCUT2D eigenvalue weighted by molar-refractivity contribution is 5.92. The highest BCUT2D eigenvalue weighted by Gasteiger charge is 2.35. The third kappa shape index (κ3) is 3.49. The van der Waals surface area contributed by atoms with Crippen LogP contribution in [0.4, 0.5) is 0 Å². The SMILES string of the molecule is COCCn1ccc(C(=O)N2CCC(O)(c3ccccc3)CC2)n1. The van der Waals surface area contributed by atoms with Crippen LogP contribution in [0.15, 0.2) is 42.6 Å². The molecule has 0 bridgehead atoms. The van der Waals surface area contributed by atoms with Gasteiger partial charge in [0, 0.05) is 26.4 Å². The number of rotatable bonds is 5. The Morgan fingerprint density at radius 3 is 2.62 bits per heavy atom. The zero-order valence-corrected chi connectivity index (χ0v) is 13.9. The van der Waals surface area contributed by atoms with E-state index in [1.807, 2.05) is 30.3 Å². The van der Waals surface area contributed by atoms with Gasteiger partial charge >= 0.3 is 0 Å². The fraction of sp³-hybridized carbons (Fsp3) is 0.444. The molecule has 1 aliphatic heterocycles. The van der Waals surface area contributed by atoms with Crippen LogP contribution in [0.1, 0.15) is 28.9 Å². The second-order valence-corrected chi connectivity index (χ2v) is 6.15. The van der Waals surface area contributed by atoms with Gasteiger partial charge in [-0.3, -0.25) is 9.48 Å². The topological polar surface area (TPSA) is 67.6 Å². The number of likely N-dealkylation sites (tertiary alicyclic amines) is 1. The molecule has 0 saturated carbocycles. The molecule has 2 heterocycles. The highest BCUT2D eigenvalue weighted by atomic mass is 16.5. The maximum atomic E-state index is 12.6. The molecule has 0 radical (unpaired) electrons. The van der Waals surface area contributed by atoms with Gasteiger partial charge in [-0.2, -0.15) is 5.10 Å². The van der Waals surface area contributed by atoms with Gasteiger partial charge in [-0.05, 0) is 24.5 Å². The molecule has 6 nitrogen and oxygen atoms in total. The number of nitrogens with zero attached hydrogens (tertiary/aromatic N) is 3. The Bertz CT molecular complexity index is 676. The molecule has 1 saturated heterocycles. The monoisotopic (exact) mass is 329 g/mol. The van der Waals surface area contributed by atoms with E-state index >= 15 is 0 Å². The Hall–Kier alpha value is -2.18. The minimum absolute atomic E-state index is 0.0821. The predicted molar refractivity (Wildman–Crippen MR) is 89.6 cm³/mol. The number of benzene rings is 1. The Balaban J connectivity index is 1.62. The summed E-state index contributed by atoms with van der Waals surface area (Å²) >= 11 is 0. The fourth-order valence-electron chi connectivity index (χ4n) is 3.06. The van der Waals surface area contributed by atoms with Crippen LogP contribution in [-0.4, -0.2) is 52.5 Å². The molecule has 1 fully saturated rings. The maximum absolute atomic E-state index is 12.6. The van der Waals surface area contributed by atoms with Gasteiger partial charge in [-0.15, -0.1) is 0 Å². The Kier molecular flexibility index (Phi) is 4.97. The van der Waals surface area contributed by atoms with E-state index in [0.717, 1.165) is 5.56 Å². The summed E-state index contributed by atoms with van der Waals surface area (Å²) < 4.78 is 6.72. The Labute approximate surface area is 141 Å². The summed E-state index contributed by atoms with van der Waals surface area (Å²) in [6, 6.07) is 11.4. The lowest BCUT2D eigenvalue weighted by Crippen LogP contribution is -2.45. The van der Waals surface area contributed by atoms with Crippen LogP contribution in [0, 0.1) is 0 Å². The van der Waals surface area contributed by atoms with Gasteiger partial charge in [0.25, 0.3) is 5.91 Å². The van der Waals surface area contributed by atoms with Crippen molar-refractivity contribution in [2.75, 3.05) is 26.8 Å². The van der Waals surface area contributed by atoms with E-state index < -0.39 is 5.60 Å². The summed E-state index contributed by atoms with van der Waals surface area (Å²) in [5.74, 6) is -0.0821. The van der Waals surface area contributed by atoms with Gasteiger partial charge in [0.05, 0.1) is 18.8 Å². The lowest BCUT2D eigenvalue weighted by atomic mass is 9.84. The van der Waals surface area contributed by atoms with E-state index in [1.165, 1.54) is 0 Å². The van der Waals surface area contributed by atoms with Crippen molar-refractivity contribution in [2.45, 2.75) is 25.0 Å². The summed E-state index contributed by atoms with van der Waals surface area (Å²) in [6.07, 6.45) is 2.86. The first kappa shape index (κ1) is 16.7. The zero-order chi connectivity index (χ0) is 17.0. The average Bonchev–Trinajstić information content (AvgIpc) is 3.10. The van der Waals surface area contributed by atoms with Crippen molar-refractivity contribution in [2.24, 2.45) is 0 Å². The van der Waals surface area contributed by atoms with E-state index in [2.05, 4.69) is 5.10 Å². The van der Waals surface area contributed by atoms with Gasteiger partial charge in [-0.1, -0.05) is 30.3 Å². The van der Waals surface area contributed by atoms with E-state index in [-0.39, 0.29) is 5.91 Å². The predicted octanol–water partition coefficient (Wildman–Crippen LogP) is 1.65. The molecule has 0 aliphatic carbocycles. The van der Waals surface area contributed by atoms with Crippen molar-refractivity contribution in [3.8, 4) is 0 Å². The first-order valence-corrected chi connectivity index (χ1v) is 8.22. The van der Waals surface area contributed by atoms with Gasteiger partial charge in [0.2, 0.25) is 0 Å². The quantitative estimate of drug-likeness (QED) is 0.906. The number of aliphatic hydroxyl groups is 1. The third-order valence-electron chi connectivity index (χ3n) is 4.57. The number of piperidine rings is 1. The Morgan fingerprint density at radius 1 is 1.25 bits per heavy atom. The number of methoxy groups -OCH3 is 1. The van der Waals surface area contributed by atoms with Crippen LogP contribution in [0.3, 0.4) is 0 Å². The minimum Gasteiger partial charge on any atom is -0.385 e. The number of ether oxygens (including phenoxy) is 1. The van der Waals surface area contributed by atoms with Gasteiger partial charge < -0.3 is 14.7 Å². The molecule has 24 heavy (non-hydrogen) atoms. The van der Waals surface area contributed by atoms with Crippen molar-refractivity contribution in [3.63, 3.8) is 0 Å². The summed E-state index contributed by atoms with van der Waals surface area (Å²) in [5.41, 5.74) is 0.507. The minimum atomic E-state index is -0.851. The molecule has 0 unspecified atom stereocenters. The van der Waals surface area contributed by atoms with Crippen LogP contribution in [-0.2, 0) is 16.9 Å². The normalized spacial score (nSPS) is 17.0. The molecule has 128 valence electrons. The van der Waals surface area contributed by atoms with Crippen molar-refractivity contribution in [1.29, 1.82) is 0 Å². The number of carbonyl (C=O) groups excluding carboxylic acids is 1. The second-order valence-electron chi connectivity index (χ2n) is 6.15. The first-order valence-electron chi connectivity index (χ1n) is 8.22. The second kappa shape index (κ2) is 7.15. The molecular formula is C18H23N3O3. The number of amides is 1. The zero-order valence-electron chi connectivity index (χ0n) is 13.9. The standard InChI is InChI=1S/C18H23N3O3/c1-24-14-13-21-10-7-16(19-21)17(22)20-11-8-18(23,9-12-20)15-5-3-2-4-6-15/h2-7,10,23H,8-9,11-14H2,1H3. The molecule has 6 heteroatoms. The molecule has 1 N–H and O–H groups in total. The smallest absolute Gasteiger partial charge is 0.274 e. The average molecular weight is 329 g/mol. The van der Waals surface area contributed by atoms with Crippen molar-refractivity contribution in [1.82, 2.24) is 14.7 Å². The number of carbonyl (C=O) groups is 1. The molecule has 0 spiro atoms. The molecule has 0 atom stereocenters. The lowest BCUT2D eigenvalue weighted by Gasteiger charge is -2.38. The molecule has 1 aliphatic rings. The van der Waals surface area contributed by atoms with Gasteiger partial charge in [0.1, 0.15) is 5.69 Å². The van der Waals surface area contributed by atoms with E-state index in [9.17, 15) is 9.90 Å². The van der Waals surface area contributed by atoms with Crippen molar-refractivity contribution >= 4 is 5.91 Å². The number of hydrogen-bond donors (Lipinski definition) is 1. The van der Waals surface area contributed by atoms with Crippen LogP contribution < -0.4 is 0 Å². The van der Waals surface area contributed by atoms with Crippen LogP contribution in [0.25, 0.3) is 0 Å². The molecule has 3 rings (SSSR count). The summed E-state index contributed by atoms with van der Waals surface area (Å²) in [5, 5.41) is 15.1. The van der Waals surface area contributed by atoms with E-state index in [1.54, 1.807) is 29.0 Å². The van der Waals surface area contributed by atoms with Crippen LogP contribution >= 0.6 is 0 Å². The van der Waals surface area contributed by atoms with Crippen LogP contribution in [0.2, 0.25) is 0 Å². The maximum Gasteiger partial charge on any atom is 0.274 e. The molecule has 2 aromatic rings. The number of hydrogen-bond acceptors (Lipinski definition) is 4. The summed E-state index contributed by atoms with van der Waals surface area (Å²) in [4.78, 5) is 14.3. The largest absolute Gasteiger partial charge is 0.385 e. The van der Waals surface area contributed by atoms with Gasteiger partial charge in [0.15, 0.2) is 0 Å². The van der Waals surface area contributed by atoms with E-state index in [4.69, 9.17) is 4.74 Å². The van der Waals surface area contributed by atoms with Crippen LogP contribution in [0.5, 0.6) is 0 Å². The van der Waals surface area contributed by atoms with Crippen molar-refractivity contribution < 1.29 is 14.6 Å². The Morgan fingerprint density at radius 2 is 1.96 bits per heavy atom. The highest BCUT2D eigenvalue weighted by Crippen LogP contribution is 2.32. The third-order valence-corrected chi connectivity index (χ3v) is 4.57. The molecule has 1 aromatic carbocycles. The lowest BCUT2D eigenvalue weighted by molar-refractivity contribution is -0.0212. The summed E-state index contributed by atoms with van der Waals surface area (Å²) in [7, 11) is 1.64.